The average molecular weight is 464 g/mol. The maximum Gasteiger partial charge on any atom is 0.127 e. The summed E-state index contributed by atoms with van der Waals surface area (Å²) in [5.41, 5.74) is 2.55. The van der Waals surface area contributed by atoms with Gasteiger partial charge in [-0.3, -0.25) is 9.80 Å². The highest BCUT2D eigenvalue weighted by Gasteiger charge is 2.34. The van der Waals surface area contributed by atoms with Gasteiger partial charge in [-0.1, -0.05) is 77.3 Å². The van der Waals surface area contributed by atoms with Crippen LogP contribution in [0.4, 0.5) is 4.39 Å². The predicted octanol–water partition coefficient (Wildman–Crippen LogP) is 7.19. The third kappa shape index (κ3) is 4.66. The molecule has 6 heteroatoms. The third-order valence-corrected chi connectivity index (χ3v) is 6.53. The first-order valence-corrected chi connectivity index (χ1v) is 11.1. The standard InChI is InChI=1S/C24H22Cl3FN2/c25-19-9-3-1-7-17(19)15-29-13-6-14-30(16-18-8-2-4-12-22(18)28)24(29)23-20(26)10-5-11-21(23)27/h1-5,7-12,24H,6,13-16H2. The normalized spacial score (nSPS) is 17.9. The van der Waals surface area contributed by atoms with Crippen molar-refractivity contribution >= 4 is 34.8 Å². The van der Waals surface area contributed by atoms with Crippen LogP contribution in [0.1, 0.15) is 29.3 Å². The van der Waals surface area contributed by atoms with Crippen molar-refractivity contribution in [3.63, 3.8) is 0 Å². The first-order valence-electron chi connectivity index (χ1n) is 9.93. The van der Waals surface area contributed by atoms with Crippen molar-refractivity contribution in [2.45, 2.75) is 25.7 Å². The Labute approximate surface area is 191 Å². The molecule has 0 radical (unpaired) electrons. The Morgan fingerprint density at radius 1 is 0.700 bits per heavy atom. The maximum absolute atomic E-state index is 14.4. The summed E-state index contributed by atoms with van der Waals surface area (Å²) in [6.45, 7) is 2.81. The molecule has 30 heavy (non-hydrogen) atoms. The lowest BCUT2D eigenvalue weighted by molar-refractivity contribution is -0.00950. The van der Waals surface area contributed by atoms with E-state index in [1.54, 1.807) is 6.07 Å². The smallest absolute Gasteiger partial charge is 0.127 e. The highest BCUT2D eigenvalue weighted by Crippen LogP contribution is 2.40. The number of hydrogen-bond acceptors (Lipinski definition) is 2. The Hall–Kier alpha value is -1.62. The minimum absolute atomic E-state index is 0.184. The molecule has 0 bridgehead atoms. The fraction of sp³-hybridized carbons (Fsp3) is 0.250. The summed E-state index contributed by atoms with van der Waals surface area (Å²) in [6, 6.07) is 20.3. The highest BCUT2D eigenvalue weighted by molar-refractivity contribution is 6.36. The van der Waals surface area contributed by atoms with Crippen molar-refractivity contribution in [1.29, 1.82) is 0 Å². The molecule has 1 heterocycles. The molecule has 156 valence electrons. The van der Waals surface area contributed by atoms with Gasteiger partial charge in [-0.2, -0.15) is 0 Å². The molecule has 3 aromatic carbocycles. The van der Waals surface area contributed by atoms with Gasteiger partial charge in [-0.25, -0.2) is 4.39 Å². The summed E-state index contributed by atoms with van der Waals surface area (Å²) < 4.78 is 14.4. The van der Waals surface area contributed by atoms with E-state index in [0.717, 1.165) is 35.7 Å². The minimum atomic E-state index is -0.204. The molecule has 4 rings (SSSR count). The van der Waals surface area contributed by atoms with Gasteiger partial charge < -0.3 is 0 Å². The van der Waals surface area contributed by atoms with Crippen LogP contribution in [0, 0.1) is 5.82 Å². The Bertz CT molecular complexity index is 951. The van der Waals surface area contributed by atoms with E-state index in [2.05, 4.69) is 9.80 Å². The molecule has 1 fully saturated rings. The number of nitrogens with zero attached hydrogens (tertiary/aromatic N) is 2. The van der Waals surface area contributed by atoms with E-state index in [4.69, 9.17) is 34.8 Å². The van der Waals surface area contributed by atoms with Gasteiger partial charge in [-0.15, -0.1) is 0 Å². The molecule has 0 saturated carbocycles. The molecule has 1 unspecified atom stereocenters. The van der Waals surface area contributed by atoms with Gasteiger partial charge in [0.2, 0.25) is 0 Å². The molecule has 3 aromatic rings. The van der Waals surface area contributed by atoms with Gasteiger partial charge in [0.25, 0.3) is 0 Å². The van der Waals surface area contributed by atoms with E-state index < -0.39 is 0 Å². The van der Waals surface area contributed by atoms with Crippen molar-refractivity contribution in [3.05, 3.63) is 104 Å². The van der Waals surface area contributed by atoms with Crippen molar-refractivity contribution in [2.24, 2.45) is 0 Å². The lowest BCUT2D eigenvalue weighted by Crippen LogP contribution is -2.47. The lowest BCUT2D eigenvalue weighted by Gasteiger charge is -2.45. The molecule has 0 amide bonds. The van der Waals surface area contributed by atoms with Gasteiger partial charge in [0, 0.05) is 52.4 Å². The van der Waals surface area contributed by atoms with E-state index in [9.17, 15) is 4.39 Å². The summed E-state index contributed by atoms with van der Waals surface area (Å²) >= 11 is 19.7. The Morgan fingerprint density at radius 2 is 1.23 bits per heavy atom. The van der Waals surface area contributed by atoms with Gasteiger partial charge in [0.05, 0.1) is 6.17 Å². The van der Waals surface area contributed by atoms with Crippen LogP contribution in [0.15, 0.2) is 66.7 Å². The quantitative estimate of drug-likeness (QED) is 0.395. The molecule has 1 aliphatic heterocycles. The van der Waals surface area contributed by atoms with Gasteiger partial charge in [-0.05, 0) is 36.2 Å². The van der Waals surface area contributed by atoms with Crippen LogP contribution in [-0.4, -0.2) is 22.9 Å². The fourth-order valence-corrected chi connectivity index (χ4v) is 4.88. The predicted molar refractivity (Wildman–Crippen MR) is 122 cm³/mol. The van der Waals surface area contributed by atoms with E-state index >= 15 is 0 Å². The summed E-state index contributed by atoms with van der Waals surface area (Å²) in [4.78, 5) is 4.56. The number of halogens is 4. The second kappa shape index (κ2) is 9.67. The maximum atomic E-state index is 14.4. The lowest BCUT2D eigenvalue weighted by atomic mass is 10.0. The molecule has 1 saturated heterocycles. The van der Waals surface area contributed by atoms with Crippen molar-refractivity contribution in [2.75, 3.05) is 13.1 Å². The molecule has 0 N–H and O–H groups in total. The zero-order valence-electron chi connectivity index (χ0n) is 16.4. The molecule has 0 aliphatic carbocycles. The Kier molecular flexibility index (Phi) is 6.97. The van der Waals surface area contributed by atoms with Crippen LogP contribution < -0.4 is 0 Å². The number of rotatable bonds is 5. The van der Waals surface area contributed by atoms with Gasteiger partial charge in [0.15, 0.2) is 0 Å². The van der Waals surface area contributed by atoms with E-state index in [1.807, 2.05) is 54.6 Å². The zero-order valence-corrected chi connectivity index (χ0v) is 18.6. The average Bonchev–Trinajstić information content (AvgIpc) is 2.73. The summed E-state index contributed by atoms with van der Waals surface area (Å²) in [7, 11) is 0. The van der Waals surface area contributed by atoms with Crippen LogP contribution in [-0.2, 0) is 13.1 Å². The molecule has 1 aliphatic rings. The first-order chi connectivity index (χ1) is 14.5. The molecule has 2 nitrogen and oxygen atoms in total. The van der Waals surface area contributed by atoms with Crippen LogP contribution in [0.3, 0.4) is 0 Å². The van der Waals surface area contributed by atoms with Crippen LogP contribution in [0.5, 0.6) is 0 Å². The summed E-state index contributed by atoms with van der Waals surface area (Å²) in [5, 5.41) is 1.95. The van der Waals surface area contributed by atoms with E-state index in [0.29, 0.717) is 28.7 Å². The summed E-state index contributed by atoms with van der Waals surface area (Å²) in [6.07, 6.45) is 0.771. The third-order valence-electron chi connectivity index (χ3n) is 5.50. The number of hydrogen-bond donors (Lipinski definition) is 0. The topological polar surface area (TPSA) is 6.48 Å². The first kappa shape index (κ1) is 21.6. The van der Waals surface area contributed by atoms with E-state index in [-0.39, 0.29) is 12.0 Å². The van der Waals surface area contributed by atoms with Crippen molar-refractivity contribution < 1.29 is 4.39 Å². The van der Waals surface area contributed by atoms with Gasteiger partial charge >= 0.3 is 0 Å². The van der Waals surface area contributed by atoms with Crippen LogP contribution in [0.2, 0.25) is 15.1 Å². The second-order valence-electron chi connectivity index (χ2n) is 7.49. The Morgan fingerprint density at radius 3 is 1.87 bits per heavy atom. The SMILES string of the molecule is Fc1ccccc1CN1CCCN(Cc2ccccc2Cl)C1c1c(Cl)cccc1Cl. The zero-order chi connectivity index (χ0) is 21.1. The van der Waals surface area contributed by atoms with Crippen molar-refractivity contribution in [1.82, 2.24) is 9.80 Å². The van der Waals surface area contributed by atoms with Gasteiger partial charge in [0.1, 0.15) is 5.82 Å². The summed E-state index contributed by atoms with van der Waals surface area (Å²) in [5.74, 6) is -0.204. The molecule has 0 spiro atoms. The number of benzene rings is 3. The van der Waals surface area contributed by atoms with Crippen molar-refractivity contribution in [3.8, 4) is 0 Å². The van der Waals surface area contributed by atoms with Crippen LogP contribution >= 0.6 is 34.8 Å². The van der Waals surface area contributed by atoms with E-state index in [1.165, 1.54) is 6.07 Å². The molecular weight excluding hydrogens is 442 g/mol. The highest BCUT2D eigenvalue weighted by atomic mass is 35.5. The fourth-order valence-electron chi connectivity index (χ4n) is 4.10. The largest absolute Gasteiger partial charge is 0.280 e. The molecule has 1 atom stereocenters. The molecular formula is C24H22Cl3FN2. The monoisotopic (exact) mass is 462 g/mol. The second-order valence-corrected chi connectivity index (χ2v) is 8.71. The minimum Gasteiger partial charge on any atom is -0.280 e. The molecule has 0 aromatic heterocycles. The van der Waals surface area contributed by atoms with Crippen LogP contribution in [0.25, 0.3) is 0 Å². The Balaban J connectivity index is 1.73.